The van der Waals surface area contributed by atoms with Crippen LogP contribution in [0.4, 0.5) is 0 Å². The molecule has 0 N–H and O–H groups in total. The molecule has 2 heterocycles. The first-order chi connectivity index (χ1) is 6.36. The summed E-state index contributed by atoms with van der Waals surface area (Å²) in [5, 5.41) is 0. The molecule has 0 spiro atoms. The minimum Gasteiger partial charge on any atom is -0.300 e. The summed E-state index contributed by atoms with van der Waals surface area (Å²) in [5.41, 5.74) is 2.31. The van der Waals surface area contributed by atoms with Crippen molar-refractivity contribution in [3.05, 3.63) is 23.8 Å². The van der Waals surface area contributed by atoms with Crippen LogP contribution in [0.15, 0.2) is 12.4 Å². The molecule has 0 aromatic carbocycles. The quantitative estimate of drug-likeness (QED) is 0.604. The third-order valence-electron chi connectivity index (χ3n) is 2.01. The van der Waals surface area contributed by atoms with Crippen LogP contribution in [-0.2, 0) is 13.0 Å². The van der Waals surface area contributed by atoms with Crippen molar-refractivity contribution in [3.8, 4) is 0 Å². The normalized spacial score (nSPS) is 15.6. The maximum absolute atomic E-state index is 4.27. The zero-order valence-corrected chi connectivity index (χ0v) is 8.62. The molecule has 0 bridgehead atoms. The van der Waals surface area contributed by atoms with Gasteiger partial charge < -0.3 is 4.90 Å². The van der Waals surface area contributed by atoms with Gasteiger partial charge in [-0.25, -0.2) is 0 Å². The van der Waals surface area contributed by atoms with Crippen molar-refractivity contribution in [2.24, 2.45) is 0 Å². The molecular formula is C10H17N3. The Kier molecular flexibility index (Phi) is 3.83. The van der Waals surface area contributed by atoms with Crippen molar-refractivity contribution in [1.29, 1.82) is 0 Å². The maximum Gasteiger partial charge on any atom is 0.0759 e. The Bertz CT molecular complexity index is 260. The molecule has 3 heteroatoms. The molecular weight excluding hydrogens is 162 g/mol. The number of aromatic nitrogens is 2. The molecule has 1 aliphatic heterocycles. The monoisotopic (exact) mass is 179 g/mol. The molecule has 3 nitrogen and oxygen atoms in total. The molecule has 0 saturated heterocycles. The molecule has 1 aromatic heterocycles. The lowest BCUT2D eigenvalue weighted by Crippen LogP contribution is -2.27. The minimum absolute atomic E-state index is 0.948. The van der Waals surface area contributed by atoms with Crippen molar-refractivity contribution in [2.45, 2.75) is 26.8 Å². The van der Waals surface area contributed by atoms with Gasteiger partial charge in [0.2, 0.25) is 0 Å². The molecule has 0 radical (unpaired) electrons. The lowest BCUT2D eigenvalue weighted by Gasteiger charge is -2.22. The Labute approximate surface area is 79.8 Å². The van der Waals surface area contributed by atoms with Gasteiger partial charge in [-0.05, 0) is 7.05 Å². The fourth-order valence-corrected chi connectivity index (χ4v) is 1.37. The first kappa shape index (κ1) is 10.1. The maximum atomic E-state index is 4.27. The van der Waals surface area contributed by atoms with Gasteiger partial charge in [0.15, 0.2) is 0 Å². The van der Waals surface area contributed by atoms with Crippen LogP contribution in [0.5, 0.6) is 0 Å². The van der Waals surface area contributed by atoms with Crippen LogP contribution in [-0.4, -0.2) is 28.5 Å². The lowest BCUT2D eigenvalue weighted by atomic mass is 10.1. The average Bonchev–Trinajstić information content (AvgIpc) is 2.21. The largest absolute Gasteiger partial charge is 0.300 e. The van der Waals surface area contributed by atoms with Gasteiger partial charge in [-0.1, -0.05) is 13.8 Å². The second kappa shape index (κ2) is 4.92. The fourth-order valence-electron chi connectivity index (χ4n) is 1.37. The van der Waals surface area contributed by atoms with Gasteiger partial charge in [-0.3, -0.25) is 9.97 Å². The molecule has 72 valence electrons. The van der Waals surface area contributed by atoms with Crippen LogP contribution >= 0.6 is 0 Å². The van der Waals surface area contributed by atoms with Gasteiger partial charge in [0, 0.05) is 31.9 Å². The van der Waals surface area contributed by atoms with E-state index in [1.165, 1.54) is 5.69 Å². The van der Waals surface area contributed by atoms with Gasteiger partial charge in [-0.2, -0.15) is 0 Å². The second-order valence-electron chi connectivity index (χ2n) is 2.94. The SMILES string of the molecule is CC.CN1CCc2nccnc2C1. The van der Waals surface area contributed by atoms with E-state index in [1.54, 1.807) is 12.4 Å². The summed E-state index contributed by atoms with van der Waals surface area (Å²) >= 11 is 0. The van der Waals surface area contributed by atoms with Crippen molar-refractivity contribution in [2.75, 3.05) is 13.6 Å². The summed E-state index contributed by atoms with van der Waals surface area (Å²) in [5.74, 6) is 0. The highest BCUT2D eigenvalue weighted by Gasteiger charge is 2.13. The van der Waals surface area contributed by atoms with E-state index in [0.717, 1.165) is 25.2 Å². The summed E-state index contributed by atoms with van der Waals surface area (Å²) in [6.45, 7) is 6.05. The van der Waals surface area contributed by atoms with Gasteiger partial charge in [-0.15, -0.1) is 0 Å². The average molecular weight is 179 g/mol. The first-order valence-corrected chi connectivity index (χ1v) is 4.83. The summed E-state index contributed by atoms with van der Waals surface area (Å²) in [6.07, 6.45) is 4.57. The summed E-state index contributed by atoms with van der Waals surface area (Å²) in [7, 11) is 2.11. The topological polar surface area (TPSA) is 29.0 Å². The molecule has 2 rings (SSSR count). The number of nitrogens with zero attached hydrogens (tertiary/aromatic N) is 3. The number of fused-ring (bicyclic) bond motifs is 1. The van der Waals surface area contributed by atoms with Crippen LogP contribution in [0.3, 0.4) is 0 Å². The highest BCUT2D eigenvalue weighted by molar-refractivity contribution is 5.13. The standard InChI is InChI=1S/C8H11N3.C2H6/c1-11-5-2-7-8(6-11)10-4-3-9-7;1-2/h3-4H,2,5-6H2,1H3;1-2H3. The molecule has 0 aliphatic carbocycles. The van der Waals surface area contributed by atoms with Gasteiger partial charge in [0.25, 0.3) is 0 Å². The van der Waals surface area contributed by atoms with Gasteiger partial charge in [0.1, 0.15) is 0 Å². The van der Waals surface area contributed by atoms with Crippen LogP contribution < -0.4 is 0 Å². The summed E-state index contributed by atoms with van der Waals surface area (Å²) in [4.78, 5) is 10.8. The van der Waals surface area contributed by atoms with E-state index in [0.29, 0.717) is 0 Å². The van der Waals surface area contributed by atoms with Crippen molar-refractivity contribution >= 4 is 0 Å². The van der Waals surface area contributed by atoms with Crippen molar-refractivity contribution in [1.82, 2.24) is 14.9 Å². The van der Waals surface area contributed by atoms with Crippen molar-refractivity contribution in [3.63, 3.8) is 0 Å². The molecule has 0 atom stereocenters. The molecule has 1 aliphatic rings. The predicted molar refractivity (Wildman–Crippen MR) is 53.4 cm³/mol. The number of rotatable bonds is 0. The Morgan fingerprint density at radius 3 is 2.46 bits per heavy atom. The van der Waals surface area contributed by atoms with Gasteiger partial charge in [0.05, 0.1) is 11.4 Å². The minimum atomic E-state index is 0.948. The third-order valence-corrected chi connectivity index (χ3v) is 2.01. The Hall–Kier alpha value is -0.960. The van der Waals surface area contributed by atoms with Crippen LogP contribution in [0, 0.1) is 0 Å². The van der Waals surface area contributed by atoms with E-state index in [-0.39, 0.29) is 0 Å². The van der Waals surface area contributed by atoms with Crippen LogP contribution in [0.25, 0.3) is 0 Å². The summed E-state index contributed by atoms with van der Waals surface area (Å²) < 4.78 is 0. The molecule has 1 aromatic rings. The molecule has 0 amide bonds. The Balaban J connectivity index is 0.000000396. The molecule has 0 fully saturated rings. The Morgan fingerprint density at radius 1 is 1.15 bits per heavy atom. The number of likely N-dealkylation sites (N-methyl/N-ethyl adjacent to an activating group) is 1. The van der Waals surface area contributed by atoms with E-state index in [4.69, 9.17) is 0 Å². The highest BCUT2D eigenvalue weighted by Crippen LogP contribution is 2.11. The smallest absolute Gasteiger partial charge is 0.0759 e. The van der Waals surface area contributed by atoms with E-state index in [1.807, 2.05) is 13.8 Å². The lowest BCUT2D eigenvalue weighted by molar-refractivity contribution is 0.304. The second-order valence-corrected chi connectivity index (χ2v) is 2.94. The Morgan fingerprint density at radius 2 is 1.77 bits per heavy atom. The van der Waals surface area contributed by atoms with Crippen LogP contribution in [0.1, 0.15) is 25.2 Å². The predicted octanol–water partition coefficient (Wildman–Crippen LogP) is 1.49. The van der Waals surface area contributed by atoms with E-state index < -0.39 is 0 Å². The van der Waals surface area contributed by atoms with E-state index in [2.05, 4.69) is 21.9 Å². The van der Waals surface area contributed by atoms with E-state index in [9.17, 15) is 0 Å². The zero-order valence-electron chi connectivity index (χ0n) is 8.62. The number of hydrogen-bond acceptors (Lipinski definition) is 3. The molecule has 0 unspecified atom stereocenters. The van der Waals surface area contributed by atoms with Crippen molar-refractivity contribution < 1.29 is 0 Å². The number of hydrogen-bond donors (Lipinski definition) is 0. The van der Waals surface area contributed by atoms with Gasteiger partial charge >= 0.3 is 0 Å². The zero-order chi connectivity index (χ0) is 9.68. The highest BCUT2D eigenvalue weighted by atomic mass is 15.1. The molecule has 13 heavy (non-hydrogen) atoms. The van der Waals surface area contributed by atoms with E-state index >= 15 is 0 Å². The summed E-state index contributed by atoms with van der Waals surface area (Å²) in [6, 6.07) is 0. The molecule has 0 saturated carbocycles. The first-order valence-electron chi connectivity index (χ1n) is 4.83. The third kappa shape index (κ3) is 2.49. The van der Waals surface area contributed by atoms with Crippen LogP contribution in [0.2, 0.25) is 0 Å². The fraction of sp³-hybridized carbons (Fsp3) is 0.600.